The van der Waals surface area contributed by atoms with E-state index >= 15 is 0 Å². The highest BCUT2D eigenvalue weighted by Crippen LogP contribution is 2.32. The first-order valence-corrected chi connectivity index (χ1v) is 10.3. The molecule has 31 heavy (non-hydrogen) atoms. The van der Waals surface area contributed by atoms with Crippen LogP contribution in [0.3, 0.4) is 0 Å². The van der Waals surface area contributed by atoms with Gasteiger partial charge in [-0.15, -0.1) is 0 Å². The number of rotatable bonds is 8. The Kier molecular flexibility index (Phi) is 6.23. The van der Waals surface area contributed by atoms with Crippen molar-refractivity contribution in [3.63, 3.8) is 0 Å². The van der Waals surface area contributed by atoms with Crippen LogP contribution in [0.4, 0.5) is 8.78 Å². The number of hydrogen-bond donors (Lipinski definition) is 1. The molecular formula is C20H21F2N5O3S. The van der Waals surface area contributed by atoms with Crippen molar-refractivity contribution in [1.82, 2.24) is 23.9 Å². The standard InChI is InChI=1S/C20H21F2N5O3S/c1-30-18-5-3-2-4-15(18)16(12-28)20(29)25-7-13-8-27(24-17(13)10-25)31-14-6-23-26(9-14)11-19(21)22/h2-6,8-9,16,19,28H,7,10-12H2,1H3. The predicted octanol–water partition coefficient (Wildman–Crippen LogP) is 2.53. The molecule has 0 spiro atoms. The Labute approximate surface area is 181 Å². The smallest absolute Gasteiger partial charge is 0.257 e. The van der Waals surface area contributed by atoms with Gasteiger partial charge >= 0.3 is 0 Å². The summed E-state index contributed by atoms with van der Waals surface area (Å²) in [5, 5.41) is 18.3. The van der Waals surface area contributed by atoms with Crippen molar-refractivity contribution in [1.29, 1.82) is 0 Å². The fourth-order valence-electron chi connectivity index (χ4n) is 3.56. The molecule has 1 atom stereocenters. The normalized spacial score (nSPS) is 14.2. The monoisotopic (exact) mass is 449 g/mol. The second kappa shape index (κ2) is 9.06. The first-order chi connectivity index (χ1) is 15.0. The topological polar surface area (TPSA) is 85.4 Å². The lowest BCUT2D eigenvalue weighted by atomic mass is 9.97. The van der Waals surface area contributed by atoms with Crippen LogP contribution in [0.15, 0.2) is 47.8 Å². The summed E-state index contributed by atoms with van der Waals surface area (Å²) in [7, 11) is 1.53. The molecule has 0 saturated carbocycles. The summed E-state index contributed by atoms with van der Waals surface area (Å²) in [6, 6.07) is 7.15. The fourth-order valence-corrected chi connectivity index (χ4v) is 4.35. The summed E-state index contributed by atoms with van der Waals surface area (Å²) in [4.78, 5) is 15.4. The molecule has 1 amide bonds. The van der Waals surface area contributed by atoms with Crippen LogP contribution in [0.5, 0.6) is 5.75 Å². The molecule has 3 heterocycles. The van der Waals surface area contributed by atoms with Gasteiger partial charge in [-0.3, -0.25) is 9.48 Å². The maximum atomic E-state index is 13.1. The van der Waals surface area contributed by atoms with E-state index < -0.39 is 18.9 Å². The molecule has 164 valence electrons. The zero-order chi connectivity index (χ0) is 22.0. The van der Waals surface area contributed by atoms with E-state index in [0.29, 0.717) is 29.3 Å². The van der Waals surface area contributed by atoms with Crippen LogP contribution in [0, 0.1) is 0 Å². The predicted molar refractivity (Wildman–Crippen MR) is 109 cm³/mol. The summed E-state index contributed by atoms with van der Waals surface area (Å²) < 4.78 is 33.1. The van der Waals surface area contributed by atoms with Gasteiger partial charge in [-0.1, -0.05) is 18.2 Å². The number of carbonyl (C=O) groups excluding carboxylic acids is 1. The van der Waals surface area contributed by atoms with Gasteiger partial charge in [0.25, 0.3) is 6.43 Å². The number of aliphatic hydroxyl groups is 1. The van der Waals surface area contributed by atoms with Gasteiger partial charge in [0.2, 0.25) is 5.91 Å². The van der Waals surface area contributed by atoms with Gasteiger partial charge < -0.3 is 14.7 Å². The molecule has 1 unspecified atom stereocenters. The average molecular weight is 449 g/mol. The number of amides is 1. The number of nitrogens with zero attached hydrogens (tertiary/aromatic N) is 5. The maximum Gasteiger partial charge on any atom is 0.257 e. The van der Waals surface area contributed by atoms with E-state index in [4.69, 9.17) is 4.74 Å². The molecule has 1 N–H and O–H groups in total. The molecule has 1 aliphatic heterocycles. The Morgan fingerprint density at radius 1 is 1.29 bits per heavy atom. The minimum Gasteiger partial charge on any atom is -0.496 e. The highest BCUT2D eigenvalue weighted by Gasteiger charge is 2.33. The molecule has 0 fully saturated rings. The van der Waals surface area contributed by atoms with Crippen molar-refractivity contribution < 1.29 is 23.4 Å². The van der Waals surface area contributed by atoms with Crippen LogP contribution in [0.2, 0.25) is 0 Å². The zero-order valence-electron chi connectivity index (χ0n) is 16.7. The summed E-state index contributed by atoms with van der Waals surface area (Å²) in [6.45, 7) is -0.0691. The molecule has 11 heteroatoms. The van der Waals surface area contributed by atoms with Crippen molar-refractivity contribution in [2.45, 2.75) is 36.9 Å². The quantitative estimate of drug-likeness (QED) is 0.569. The van der Waals surface area contributed by atoms with Crippen molar-refractivity contribution in [3.05, 3.63) is 59.7 Å². The van der Waals surface area contributed by atoms with E-state index in [1.165, 1.54) is 29.9 Å². The molecule has 0 bridgehead atoms. The average Bonchev–Trinajstić information content (AvgIpc) is 3.44. The lowest BCUT2D eigenvalue weighted by Crippen LogP contribution is -2.33. The van der Waals surface area contributed by atoms with Crippen LogP contribution in [0.1, 0.15) is 22.7 Å². The third-order valence-corrected chi connectivity index (χ3v) is 5.79. The van der Waals surface area contributed by atoms with Crippen LogP contribution in [-0.4, -0.2) is 55.0 Å². The molecule has 2 aromatic heterocycles. The number of carbonyl (C=O) groups is 1. The molecular weight excluding hydrogens is 428 g/mol. The molecule has 1 aromatic carbocycles. The fraction of sp³-hybridized carbons (Fsp3) is 0.350. The third kappa shape index (κ3) is 4.57. The number of benzene rings is 1. The van der Waals surface area contributed by atoms with Crippen molar-refractivity contribution >= 4 is 17.9 Å². The van der Waals surface area contributed by atoms with Crippen LogP contribution >= 0.6 is 11.9 Å². The maximum absolute atomic E-state index is 13.1. The minimum atomic E-state index is -2.46. The molecule has 4 rings (SSSR count). The third-order valence-electron chi connectivity index (χ3n) is 5.00. The highest BCUT2D eigenvalue weighted by atomic mass is 32.2. The van der Waals surface area contributed by atoms with Crippen LogP contribution in [0.25, 0.3) is 0 Å². The van der Waals surface area contributed by atoms with Crippen LogP contribution < -0.4 is 4.74 Å². The molecule has 1 aliphatic rings. The van der Waals surface area contributed by atoms with Gasteiger partial charge in [0.1, 0.15) is 12.3 Å². The molecule has 0 aliphatic carbocycles. The minimum absolute atomic E-state index is 0.197. The van der Waals surface area contributed by atoms with E-state index in [0.717, 1.165) is 11.3 Å². The van der Waals surface area contributed by atoms with E-state index in [9.17, 15) is 18.7 Å². The number of hydrogen-bond acceptors (Lipinski definition) is 6. The summed E-state index contributed by atoms with van der Waals surface area (Å²) in [5.41, 5.74) is 2.30. The first kappa shape index (κ1) is 21.3. The Morgan fingerprint density at radius 2 is 2.10 bits per heavy atom. The van der Waals surface area contributed by atoms with E-state index in [1.807, 2.05) is 12.3 Å². The molecule has 3 aromatic rings. The van der Waals surface area contributed by atoms with Gasteiger partial charge in [0.05, 0.1) is 43.0 Å². The number of para-hydroxylation sites is 1. The second-order valence-electron chi connectivity index (χ2n) is 7.06. The number of fused-ring (bicyclic) bond motifs is 1. The Morgan fingerprint density at radius 3 is 2.81 bits per heavy atom. The lowest BCUT2D eigenvalue weighted by Gasteiger charge is -2.23. The Balaban J connectivity index is 1.42. The molecule has 0 saturated heterocycles. The number of alkyl halides is 2. The Hall–Kier alpha value is -2.92. The van der Waals surface area contributed by atoms with Gasteiger partial charge in [-0.25, -0.2) is 12.9 Å². The highest BCUT2D eigenvalue weighted by molar-refractivity contribution is 7.97. The van der Waals surface area contributed by atoms with Crippen molar-refractivity contribution in [2.24, 2.45) is 0 Å². The number of halogens is 2. The second-order valence-corrected chi connectivity index (χ2v) is 8.08. The first-order valence-electron chi connectivity index (χ1n) is 9.57. The van der Waals surface area contributed by atoms with Crippen molar-refractivity contribution in [3.8, 4) is 5.75 Å². The van der Waals surface area contributed by atoms with Gasteiger partial charge in [0.15, 0.2) is 0 Å². The molecule has 0 radical (unpaired) electrons. The zero-order valence-corrected chi connectivity index (χ0v) is 17.5. The van der Waals surface area contributed by atoms with E-state index in [1.54, 1.807) is 33.4 Å². The largest absolute Gasteiger partial charge is 0.496 e. The van der Waals surface area contributed by atoms with Gasteiger partial charge in [0, 0.05) is 42.0 Å². The number of methoxy groups -OCH3 is 1. The molecule has 8 nitrogen and oxygen atoms in total. The van der Waals surface area contributed by atoms with Crippen molar-refractivity contribution in [2.75, 3.05) is 13.7 Å². The van der Waals surface area contributed by atoms with Gasteiger partial charge in [-0.05, 0) is 6.07 Å². The SMILES string of the molecule is COc1ccccc1C(CO)C(=O)N1Cc2cn(Sc3cnn(CC(F)F)c3)nc2C1. The van der Waals surface area contributed by atoms with E-state index in [-0.39, 0.29) is 12.5 Å². The van der Waals surface area contributed by atoms with E-state index in [2.05, 4.69) is 10.2 Å². The number of aromatic nitrogens is 4. The summed E-state index contributed by atoms with van der Waals surface area (Å²) in [6.07, 6.45) is 2.40. The number of ether oxygens (including phenoxy) is 1. The Bertz CT molecular complexity index is 1050. The van der Waals surface area contributed by atoms with Gasteiger partial charge in [-0.2, -0.15) is 10.2 Å². The number of aliphatic hydroxyl groups excluding tert-OH is 1. The summed E-state index contributed by atoms with van der Waals surface area (Å²) >= 11 is 1.26. The summed E-state index contributed by atoms with van der Waals surface area (Å²) in [5.74, 6) is -0.361. The lowest BCUT2D eigenvalue weighted by molar-refractivity contribution is -0.134. The van der Waals surface area contributed by atoms with Crippen LogP contribution in [-0.2, 0) is 24.4 Å².